The second kappa shape index (κ2) is 5.19. The number of anilines is 2. The first kappa shape index (κ1) is 11.9. The average molecular weight is 292 g/mol. The molecule has 0 aliphatic carbocycles. The van der Waals surface area contributed by atoms with Gasteiger partial charge in [-0.15, -0.1) is 0 Å². The van der Waals surface area contributed by atoms with Gasteiger partial charge in [0.25, 0.3) is 0 Å². The predicted octanol–water partition coefficient (Wildman–Crippen LogP) is 3.35. The molecule has 1 aromatic heterocycles. The largest absolute Gasteiger partial charge is 0.398 e. The summed E-state index contributed by atoms with van der Waals surface area (Å²) in [4.78, 5) is 4.27. The molecule has 0 atom stereocenters. The van der Waals surface area contributed by atoms with Crippen molar-refractivity contribution in [3.8, 4) is 0 Å². The fraction of sp³-hybridized carbons (Fsp3) is 0.154. The minimum atomic E-state index is 0.739. The first-order valence-electron chi connectivity index (χ1n) is 5.35. The molecule has 3 N–H and O–H groups in total. The highest BCUT2D eigenvalue weighted by molar-refractivity contribution is 9.10. The Morgan fingerprint density at radius 2 is 2.00 bits per heavy atom. The van der Waals surface area contributed by atoms with Crippen LogP contribution in [0.5, 0.6) is 0 Å². The molecule has 0 saturated carbocycles. The maximum atomic E-state index is 5.82. The number of halogens is 1. The topological polar surface area (TPSA) is 50.9 Å². The van der Waals surface area contributed by atoms with E-state index < -0.39 is 0 Å². The molecule has 2 rings (SSSR count). The Bertz CT molecular complexity index is 509. The second-order valence-corrected chi connectivity index (χ2v) is 4.82. The van der Waals surface area contributed by atoms with Crippen LogP contribution in [0.1, 0.15) is 11.1 Å². The molecule has 2 aromatic rings. The monoisotopic (exact) mass is 291 g/mol. The van der Waals surface area contributed by atoms with Crippen LogP contribution in [-0.2, 0) is 6.54 Å². The minimum absolute atomic E-state index is 0.739. The minimum Gasteiger partial charge on any atom is -0.398 e. The average Bonchev–Trinajstić information content (AvgIpc) is 2.33. The molecule has 0 amide bonds. The van der Waals surface area contributed by atoms with Gasteiger partial charge in [-0.3, -0.25) is 0 Å². The quantitative estimate of drug-likeness (QED) is 0.912. The van der Waals surface area contributed by atoms with Crippen LogP contribution in [0.2, 0.25) is 0 Å². The molecule has 0 fully saturated rings. The molecule has 1 aromatic carbocycles. The van der Waals surface area contributed by atoms with Gasteiger partial charge in [-0.1, -0.05) is 28.1 Å². The van der Waals surface area contributed by atoms with Crippen LogP contribution < -0.4 is 11.1 Å². The highest BCUT2D eigenvalue weighted by Crippen LogP contribution is 2.15. The lowest BCUT2D eigenvalue weighted by molar-refractivity contribution is 1.11. The molecule has 0 spiro atoms. The van der Waals surface area contributed by atoms with Crippen molar-refractivity contribution in [3.05, 3.63) is 52.1 Å². The normalized spacial score (nSPS) is 10.2. The summed E-state index contributed by atoms with van der Waals surface area (Å²) in [6.07, 6.45) is 1.78. The van der Waals surface area contributed by atoms with Gasteiger partial charge in [0, 0.05) is 29.0 Å². The molecular weight excluding hydrogens is 278 g/mol. The number of aromatic nitrogens is 1. The zero-order valence-corrected chi connectivity index (χ0v) is 11.2. The Kier molecular flexibility index (Phi) is 3.64. The number of nitrogens with zero attached hydrogens (tertiary/aromatic N) is 1. The summed E-state index contributed by atoms with van der Waals surface area (Å²) in [7, 11) is 0. The fourth-order valence-corrected chi connectivity index (χ4v) is 1.70. The first-order valence-corrected chi connectivity index (χ1v) is 6.15. The van der Waals surface area contributed by atoms with Gasteiger partial charge in [0.15, 0.2) is 0 Å². The van der Waals surface area contributed by atoms with Crippen LogP contribution in [0.3, 0.4) is 0 Å². The number of pyridine rings is 1. The number of nitrogens with one attached hydrogen (secondary N) is 1. The number of rotatable bonds is 3. The Hall–Kier alpha value is -1.55. The number of hydrogen-bond acceptors (Lipinski definition) is 3. The number of nitrogen functional groups attached to an aromatic ring is 1. The van der Waals surface area contributed by atoms with Gasteiger partial charge >= 0.3 is 0 Å². The van der Waals surface area contributed by atoms with Gasteiger partial charge in [-0.2, -0.15) is 0 Å². The van der Waals surface area contributed by atoms with Gasteiger partial charge in [-0.25, -0.2) is 4.98 Å². The van der Waals surface area contributed by atoms with Crippen LogP contribution in [0.15, 0.2) is 41.0 Å². The maximum absolute atomic E-state index is 5.82. The number of nitrogens with two attached hydrogens (primary N) is 1. The van der Waals surface area contributed by atoms with Crippen molar-refractivity contribution in [1.29, 1.82) is 0 Å². The zero-order valence-electron chi connectivity index (χ0n) is 9.57. The Morgan fingerprint density at radius 1 is 1.29 bits per heavy atom. The molecule has 0 saturated heterocycles. The van der Waals surface area contributed by atoms with Crippen molar-refractivity contribution >= 4 is 27.4 Å². The Morgan fingerprint density at radius 3 is 2.65 bits per heavy atom. The molecule has 1 heterocycles. The number of aryl methyl sites for hydroxylation is 1. The van der Waals surface area contributed by atoms with Crippen LogP contribution >= 0.6 is 15.9 Å². The summed E-state index contributed by atoms with van der Waals surface area (Å²) < 4.78 is 1.08. The molecule has 3 nitrogen and oxygen atoms in total. The van der Waals surface area contributed by atoms with E-state index in [-0.39, 0.29) is 0 Å². The van der Waals surface area contributed by atoms with Crippen LogP contribution in [0.25, 0.3) is 0 Å². The summed E-state index contributed by atoms with van der Waals surface area (Å²) in [6.45, 7) is 2.68. The fourth-order valence-electron chi connectivity index (χ4n) is 1.43. The highest BCUT2D eigenvalue weighted by Gasteiger charge is 1.98. The molecule has 0 bridgehead atoms. The zero-order chi connectivity index (χ0) is 12.3. The van der Waals surface area contributed by atoms with Gasteiger partial charge in [0.2, 0.25) is 0 Å². The third kappa shape index (κ3) is 3.20. The summed E-state index contributed by atoms with van der Waals surface area (Å²) in [6, 6.07) is 10.0. The van der Waals surface area contributed by atoms with E-state index in [1.807, 2.05) is 25.1 Å². The van der Waals surface area contributed by atoms with Crippen molar-refractivity contribution in [1.82, 2.24) is 4.98 Å². The molecule has 17 heavy (non-hydrogen) atoms. The summed E-state index contributed by atoms with van der Waals surface area (Å²) in [5.74, 6) is 0.802. The molecule has 0 aliphatic rings. The summed E-state index contributed by atoms with van der Waals surface area (Å²) in [5, 5.41) is 3.24. The van der Waals surface area contributed by atoms with E-state index in [2.05, 4.69) is 38.4 Å². The van der Waals surface area contributed by atoms with E-state index in [0.29, 0.717) is 0 Å². The third-order valence-corrected chi connectivity index (χ3v) is 3.06. The van der Waals surface area contributed by atoms with Gasteiger partial charge in [0.05, 0.1) is 0 Å². The molecule has 4 heteroatoms. The first-order chi connectivity index (χ1) is 8.15. The second-order valence-electron chi connectivity index (χ2n) is 3.91. The number of hydrogen-bond donors (Lipinski definition) is 2. The van der Waals surface area contributed by atoms with E-state index in [9.17, 15) is 0 Å². The molecule has 88 valence electrons. The SMILES string of the molecule is Cc1cnc(NCc2ccc(Br)cc2)cc1N. The Labute approximate surface area is 109 Å². The third-order valence-electron chi connectivity index (χ3n) is 2.53. The van der Waals surface area contributed by atoms with E-state index in [1.54, 1.807) is 6.20 Å². The van der Waals surface area contributed by atoms with Crippen molar-refractivity contribution in [3.63, 3.8) is 0 Å². The van der Waals surface area contributed by atoms with Crippen LogP contribution in [0.4, 0.5) is 11.5 Å². The van der Waals surface area contributed by atoms with Crippen molar-refractivity contribution in [2.24, 2.45) is 0 Å². The molecule has 0 unspecified atom stereocenters. The van der Waals surface area contributed by atoms with Crippen molar-refractivity contribution in [2.75, 3.05) is 11.1 Å². The standard InChI is InChI=1S/C13H14BrN3/c1-9-7-16-13(6-12(9)15)17-8-10-2-4-11(14)5-3-10/h2-7H,8H2,1H3,(H3,15,16,17). The van der Waals surface area contributed by atoms with Gasteiger partial charge in [0.1, 0.15) is 5.82 Å². The maximum Gasteiger partial charge on any atom is 0.128 e. The van der Waals surface area contributed by atoms with E-state index in [0.717, 1.165) is 28.1 Å². The van der Waals surface area contributed by atoms with Gasteiger partial charge in [-0.05, 0) is 30.2 Å². The van der Waals surface area contributed by atoms with Crippen LogP contribution in [-0.4, -0.2) is 4.98 Å². The summed E-state index contributed by atoms with van der Waals surface area (Å²) in [5.41, 5.74) is 8.79. The lowest BCUT2D eigenvalue weighted by Crippen LogP contribution is -2.02. The van der Waals surface area contributed by atoms with Gasteiger partial charge < -0.3 is 11.1 Å². The molecular formula is C13H14BrN3. The van der Waals surface area contributed by atoms with Crippen molar-refractivity contribution < 1.29 is 0 Å². The summed E-state index contributed by atoms with van der Waals surface area (Å²) >= 11 is 3.41. The number of benzene rings is 1. The molecule has 0 aliphatic heterocycles. The van der Waals surface area contributed by atoms with E-state index in [4.69, 9.17) is 5.73 Å². The lowest BCUT2D eigenvalue weighted by atomic mass is 10.2. The highest BCUT2D eigenvalue weighted by atomic mass is 79.9. The smallest absolute Gasteiger partial charge is 0.128 e. The van der Waals surface area contributed by atoms with Crippen molar-refractivity contribution in [2.45, 2.75) is 13.5 Å². The van der Waals surface area contributed by atoms with E-state index >= 15 is 0 Å². The lowest BCUT2D eigenvalue weighted by Gasteiger charge is -2.07. The predicted molar refractivity (Wildman–Crippen MR) is 74.9 cm³/mol. The van der Waals surface area contributed by atoms with E-state index in [1.165, 1.54) is 5.56 Å². The molecule has 0 radical (unpaired) electrons. The van der Waals surface area contributed by atoms with Crippen LogP contribution in [0, 0.1) is 6.92 Å². The Balaban J connectivity index is 2.02.